The minimum Gasteiger partial charge on any atom is -0.508 e. The number of phenols is 1. The van der Waals surface area contributed by atoms with Crippen LogP contribution in [0.1, 0.15) is 19.8 Å². The first kappa shape index (κ1) is 13.3. The minimum absolute atomic E-state index is 0.0624. The Labute approximate surface area is 107 Å². The fourth-order valence-electron chi connectivity index (χ4n) is 2.04. The topological polar surface area (TPSA) is 75.6 Å². The highest BCUT2D eigenvalue weighted by atomic mass is 32.2. The molecule has 1 heterocycles. The molecule has 1 saturated heterocycles. The van der Waals surface area contributed by atoms with E-state index in [1.807, 2.05) is 0 Å². The van der Waals surface area contributed by atoms with Gasteiger partial charge in [0.05, 0.1) is 11.0 Å². The quantitative estimate of drug-likeness (QED) is 0.864. The number of hydrogen-bond donors (Lipinski definition) is 2. The molecule has 0 radical (unpaired) electrons. The second kappa shape index (κ2) is 5.26. The van der Waals surface area contributed by atoms with Crippen molar-refractivity contribution in [1.82, 2.24) is 4.72 Å². The molecule has 6 heteroatoms. The van der Waals surface area contributed by atoms with E-state index in [-0.39, 0.29) is 22.8 Å². The summed E-state index contributed by atoms with van der Waals surface area (Å²) in [4.78, 5) is 0.0624. The summed E-state index contributed by atoms with van der Waals surface area (Å²) < 4.78 is 32.2. The van der Waals surface area contributed by atoms with Crippen molar-refractivity contribution in [2.24, 2.45) is 0 Å². The average Bonchev–Trinajstić information content (AvgIpc) is 2.82. The Morgan fingerprint density at radius 2 is 2.28 bits per heavy atom. The van der Waals surface area contributed by atoms with Crippen molar-refractivity contribution in [2.75, 3.05) is 6.61 Å². The van der Waals surface area contributed by atoms with Crippen LogP contribution in [0, 0.1) is 0 Å². The molecule has 1 aliphatic heterocycles. The third-order valence-electron chi connectivity index (χ3n) is 2.99. The van der Waals surface area contributed by atoms with Gasteiger partial charge in [-0.1, -0.05) is 6.07 Å². The van der Waals surface area contributed by atoms with Gasteiger partial charge in [0, 0.05) is 12.6 Å². The van der Waals surface area contributed by atoms with Crippen molar-refractivity contribution in [3.8, 4) is 5.75 Å². The predicted molar refractivity (Wildman–Crippen MR) is 66.9 cm³/mol. The summed E-state index contributed by atoms with van der Waals surface area (Å²) in [5, 5.41) is 9.31. The maximum absolute atomic E-state index is 12.1. The van der Waals surface area contributed by atoms with Crippen LogP contribution in [0.5, 0.6) is 5.75 Å². The average molecular weight is 271 g/mol. The van der Waals surface area contributed by atoms with Crippen LogP contribution in [-0.4, -0.2) is 32.3 Å². The number of hydrogen-bond acceptors (Lipinski definition) is 4. The molecule has 1 aliphatic rings. The number of ether oxygens (including phenoxy) is 1. The summed E-state index contributed by atoms with van der Waals surface area (Å²) in [6, 6.07) is 5.33. The number of aromatic hydroxyl groups is 1. The smallest absolute Gasteiger partial charge is 0.241 e. The van der Waals surface area contributed by atoms with Crippen LogP contribution in [0.3, 0.4) is 0 Å². The van der Waals surface area contributed by atoms with E-state index in [1.165, 1.54) is 24.3 Å². The molecule has 2 atom stereocenters. The molecule has 1 aromatic rings. The van der Waals surface area contributed by atoms with E-state index in [4.69, 9.17) is 4.74 Å². The largest absolute Gasteiger partial charge is 0.508 e. The van der Waals surface area contributed by atoms with E-state index in [9.17, 15) is 13.5 Å². The number of phenolic OH excluding ortho intramolecular Hbond substituents is 1. The van der Waals surface area contributed by atoms with Crippen molar-refractivity contribution in [1.29, 1.82) is 0 Å². The zero-order valence-corrected chi connectivity index (χ0v) is 11.0. The first-order chi connectivity index (χ1) is 8.49. The highest BCUT2D eigenvalue weighted by molar-refractivity contribution is 7.89. The molecule has 18 heavy (non-hydrogen) atoms. The molecule has 0 spiro atoms. The van der Waals surface area contributed by atoms with Crippen molar-refractivity contribution in [2.45, 2.75) is 36.8 Å². The summed E-state index contributed by atoms with van der Waals surface area (Å²) in [7, 11) is -3.61. The molecule has 0 aliphatic carbocycles. The SMILES string of the molecule is CC(NS(=O)(=O)c1cccc(O)c1)C1CCCO1. The lowest BCUT2D eigenvalue weighted by atomic mass is 10.1. The molecule has 2 unspecified atom stereocenters. The van der Waals surface area contributed by atoms with E-state index in [2.05, 4.69) is 4.72 Å². The van der Waals surface area contributed by atoms with Crippen molar-refractivity contribution < 1.29 is 18.3 Å². The van der Waals surface area contributed by atoms with Gasteiger partial charge in [-0.25, -0.2) is 13.1 Å². The molecular formula is C12H17NO4S. The van der Waals surface area contributed by atoms with Gasteiger partial charge in [-0.05, 0) is 38.0 Å². The Balaban J connectivity index is 2.11. The first-order valence-corrected chi connectivity index (χ1v) is 7.40. The monoisotopic (exact) mass is 271 g/mol. The Hall–Kier alpha value is -1.11. The lowest BCUT2D eigenvalue weighted by molar-refractivity contribution is 0.0902. The van der Waals surface area contributed by atoms with E-state index < -0.39 is 10.0 Å². The van der Waals surface area contributed by atoms with Gasteiger partial charge in [0.25, 0.3) is 0 Å². The van der Waals surface area contributed by atoms with Crippen LogP contribution < -0.4 is 4.72 Å². The molecule has 5 nitrogen and oxygen atoms in total. The van der Waals surface area contributed by atoms with Crippen LogP contribution in [0.15, 0.2) is 29.2 Å². The molecule has 0 saturated carbocycles. The summed E-state index contributed by atoms with van der Waals surface area (Å²) in [6.45, 7) is 2.47. The highest BCUT2D eigenvalue weighted by Crippen LogP contribution is 2.19. The van der Waals surface area contributed by atoms with Gasteiger partial charge >= 0.3 is 0 Å². The van der Waals surface area contributed by atoms with Crippen LogP contribution >= 0.6 is 0 Å². The lowest BCUT2D eigenvalue weighted by Gasteiger charge is -2.19. The van der Waals surface area contributed by atoms with Gasteiger partial charge < -0.3 is 9.84 Å². The molecule has 100 valence electrons. The zero-order chi connectivity index (χ0) is 13.2. The molecule has 0 aromatic heterocycles. The molecule has 1 aromatic carbocycles. The Morgan fingerprint density at radius 3 is 2.89 bits per heavy atom. The standard InChI is InChI=1S/C12H17NO4S/c1-9(12-6-3-7-17-12)13-18(15,16)11-5-2-4-10(14)8-11/h2,4-5,8-9,12-14H,3,6-7H2,1H3. The molecule has 2 N–H and O–H groups in total. The van der Waals surface area contributed by atoms with Gasteiger partial charge in [0.15, 0.2) is 0 Å². The molecule has 1 fully saturated rings. The Morgan fingerprint density at radius 1 is 1.50 bits per heavy atom. The van der Waals surface area contributed by atoms with Gasteiger partial charge in [-0.15, -0.1) is 0 Å². The van der Waals surface area contributed by atoms with Crippen molar-refractivity contribution in [3.63, 3.8) is 0 Å². The Kier molecular flexibility index (Phi) is 3.89. The fourth-order valence-corrected chi connectivity index (χ4v) is 3.35. The van der Waals surface area contributed by atoms with Crippen LogP contribution in [-0.2, 0) is 14.8 Å². The summed E-state index contributed by atoms with van der Waals surface area (Å²) in [6.07, 6.45) is 1.75. The highest BCUT2D eigenvalue weighted by Gasteiger charge is 2.26. The molecule has 0 bridgehead atoms. The zero-order valence-electron chi connectivity index (χ0n) is 10.2. The molecule has 2 rings (SSSR count). The van der Waals surface area contributed by atoms with E-state index in [1.54, 1.807) is 6.92 Å². The van der Waals surface area contributed by atoms with E-state index >= 15 is 0 Å². The summed E-state index contributed by atoms with van der Waals surface area (Å²) in [5.74, 6) is -0.0670. The normalized spacial score (nSPS) is 21.9. The van der Waals surface area contributed by atoms with Crippen LogP contribution in [0.25, 0.3) is 0 Å². The van der Waals surface area contributed by atoms with Gasteiger partial charge in [-0.2, -0.15) is 0 Å². The third-order valence-corrected chi connectivity index (χ3v) is 4.55. The lowest BCUT2D eigenvalue weighted by Crippen LogP contribution is -2.40. The minimum atomic E-state index is -3.61. The second-order valence-corrected chi connectivity index (χ2v) is 6.17. The number of nitrogens with one attached hydrogen (secondary N) is 1. The Bertz CT molecular complexity index is 509. The van der Waals surface area contributed by atoms with Crippen molar-refractivity contribution in [3.05, 3.63) is 24.3 Å². The van der Waals surface area contributed by atoms with Crippen LogP contribution in [0.4, 0.5) is 0 Å². The summed E-state index contributed by atoms with van der Waals surface area (Å²) >= 11 is 0. The fraction of sp³-hybridized carbons (Fsp3) is 0.500. The van der Waals surface area contributed by atoms with Gasteiger partial charge in [0.1, 0.15) is 5.75 Å². The van der Waals surface area contributed by atoms with Crippen LogP contribution in [0.2, 0.25) is 0 Å². The molecular weight excluding hydrogens is 254 g/mol. The first-order valence-electron chi connectivity index (χ1n) is 5.92. The maximum atomic E-state index is 12.1. The third kappa shape index (κ3) is 3.01. The molecule has 0 amide bonds. The maximum Gasteiger partial charge on any atom is 0.241 e. The summed E-state index contributed by atoms with van der Waals surface area (Å²) in [5.41, 5.74) is 0. The number of sulfonamides is 1. The number of rotatable bonds is 4. The van der Waals surface area contributed by atoms with Gasteiger partial charge in [-0.3, -0.25) is 0 Å². The van der Waals surface area contributed by atoms with E-state index in [0.29, 0.717) is 6.61 Å². The van der Waals surface area contributed by atoms with Crippen molar-refractivity contribution >= 4 is 10.0 Å². The predicted octanol–water partition coefficient (Wildman–Crippen LogP) is 1.24. The van der Waals surface area contributed by atoms with E-state index in [0.717, 1.165) is 12.8 Å². The number of benzene rings is 1. The van der Waals surface area contributed by atoms with Gasteiger partial charge in [0.2, 0.25) is 10.0 Å². The second-order valence-electron chi connectivity index (χ2n) is 4.46.